The van der Waals surface area contributed by atoms with Gasteiger partial charge >= 0.3 is 0 Å². The molecule has 0 aromatic heterocycles. The molecule has 1 fully saturated rings. The Morgan fingerprint density at radius 1 is 1.22 bits per heavy atom. The van der Waals surface area contributed by atoms with Crippen LogP contribution in [0.3, 0.4) is 0 Å². The predicted molar refractivity (Wildman–Crippen MR) is 96.6 cm³/mol. The Kier molecular flexibility index (Phi) is 5.51. The summed E-state index contributed by atoms with van der Waals surface area (Å²) in [5.41, 5.74) is 2.87. The molecule has 3 nitrogen and oxygen atoms in total. The van der Waals surface area contributed by atoms with Gasteiger partial charge in [-0.1, -0.05) is 45.0 Å². The van der Waals surface area contributed by atoms with Crippen LogP contribution in [0.15, 0.2) is 24.3 Å². The number of nitrogens with zero attached hydrogens (tertiary/aromatic N) is 2. The molecule has 1 saturated heterocycles. The minimum absolute atomic E-state index is 0.0934. The van der Waals surface area contributed by atoms with Crippen molar-refractivity contribution in [3.8, 4) is 0 Å². The summed E-state index contributed by atoms with van der Waals surface area (Å²) in [6, 6.07) is 9.01. The average molecular weight is 316 g/mol. The zero-order valence-electron chi connectivity index (χ0n) is 15.6. The fourth-order valence-corrected chi connectivity index (χ4v) is 3.64. The lowest BCUT2D eigenvalue weighted by Gasteiger charge is -2.48. The molecular formula is C20H32N2O. The topological polar surface area (TPSA) is 23.6 Å². The number of benzene rings is 1. The van der Waals surface area contributed by atoms with E-state index < -0.39 is 0 Å². The molecule has 1 aromatic rings. The second-order valence-electron chi connectivity index (χ2n) is 7.86. The highest BCUT2D eigenvalue weighted by atomic mass is 16.2. The van der Waals surface area contributed by atoms with Gasteiger partial charge in [0.15, 0.2) is 0 Å². The molecule has 1 aliphatic heterocycles. The van der Waals surface area contributed by atoms with E-state index in [1.807, 2.05) is 11.8 Å². The first-order valence-corrected chi connectivity index (χ1v) is 8.89. The lowest BCUT2D eigenvalue weighted by atomic mass is 9.88. The number of piperazine rings is 1. The fraction of sp³-hybridized carbons (Fsp3) is 0.650. The van der Waals surface area contributed by atoms with Crippen LogP contribution >= 0.6 is 0 Å². The normalized spacial score (nSPS) is 20.1. The van der Waals surface area contributed by atoms with Gasteiger partial charge in [0.05, 0.1) is 6.04 Å². The standard InChI is InChI=1S/C20H32N2O/c1-7-19(23)21-12-13-22(20(4,5)6)18(14-21)17-11-9-8-10-16(17)15(2)3/h8-11,15,18H,7,12-14H2,1-6H3. The molecule has 128 valence electrons. The van der Waals surface area contributed by atoms with Crippen LogP contribution in [0.5, 0.6) is 0 Å². The highest BCUT2D eigenvalue weighted by Gasteiger charge is 2.36. The first kappa shape index (κ1) is 18.0. The minimum Gasteiger partial charge on any atom is -0.340 e. The van der Waals surface area contributed by atoms with Crippen molar-refractivity contribution in [3.05, 3.63) is 35.4 Å². The molecule has 0 N–H and O–H groups in total. The molecule has 1 aliphatic rings. The SMILES string of the molecule is CCC(=O)N1CCN(C(C)(C)C)C(c2ccccc2C(C)C)C1. The Morgan fingerprint density at radius 2 is 1.87 bits per heavy atom. The molecule has 3 heteroatoms. The van der Waals surface area contributed by atoms with Gasteiger partial charge in [-0.05, 0) is 37.8 Å². The quantitative estimate of drug-likeness (QED) is 0.834. The van der Waals surface area contributed by atoms with Crippen molar-refractivity contribution in [2.45, 2.75) is 65.5 Å². The van der Waals surface area contributed by atoms with Gasteiger partial charge in [-0.2, -0.15) is 0 Å². The summed E-state index contributed by atoms with van der Waals surface area (Å²) in [5.74, 6) is 0.760. The Hall–Kier alpha value is -1.35. The van der Waals surface area contributed by atoms with Crippen molar-refractivity contribution in [2.24, 2.45) is 0 Å². The van der Waals surface area contributed by atoms with E-state index in [1.54, 1.807) is 0 Å². The zero-order chi connectivity index (χ0) is 17.2. The summed E-state index contributed by atoms with van der Waals surface area (Å²) in [5, 5.41) is 0. The lowest BCUT2D eigenvalue weighted by Crippen LogP contribution is -2.56. The van der Waals surface area contributed by atoms with Crippen molar-refractivity contribution >= 4 is 5.91 Å². The van der Waals surface area contributed by atoms with Crippen LogP contribution in [0.1, 0.15) is 71.0 Å². The molecule has 1 heterocycles. The molecule has 0 saturated carbocycles. The second-order valence-corrected chi connectivity index (χ2v) is 7.86. The first-order valence-electron chi connectivity index (χ1n) is 8.89. The predicted octanol–water partition coefficient (Wildman–Crippen LogP) is 4.20. The molecule has 2 rings (SSSR count). The molecule has 1 aromatic carbocycles. The number of carbonyl (C=O) groups excluding carboxylic acids is 1. The summed E-state index contributed by atoms with van der Waals surface area (Å²) in [6.07, 6.45) is 0.591. The molecule has 1 unspecified atom stereocenters. The number of carbonyl (C=O) groups is 1. The molecule has 0 bridgehead atoms. The highest BCUT2D eigenvalue weighted by Crippen LogP contribution is 2.35. The van der Waals surface area contributed by atoms with Crippen molar-refractivity contribution in [2.75, 3.05) is 19.6 Å². The van der Waals surface area contributed by atoms with E-state index in [1.165, 1.54) is 11.1 Å². The summed E-state index contributed by atoms with van der Waals surface area (Å²) < 4.78 is 0. The maximum atomic E-state index is 12.2. The van der Waals surface area contributed by atoms with E-state index in [4.69, 9.17) is 0 Å². The Bertz CT molecular complexity index is 545. The van der Waals surface area contributed by atoms with E-state index >= 15 is 0 Å². The van der Waals surface area contributed by atoms with Crippen molar-refractivity contribution < 1.29 is 4.79 Å². The first-order chi connectivity index (χ1) is 10.8. The Balaban J connectivity index is 2.41. The van der Waals surface area contributed by atoms with Crippen LogP contribution in [-0.4, -0.2) is 40.9 Å². The summed E-state index contributed by atoms with van der Waals surface area (Å²) in [7, 11) is 0. The van der Waals surface area contributed by atoms with Crippen LogP contribution < -0.4 is 0 Å². The second kappa shape index (κ2) is 7.04. The molecule has 0 spiro atoms. The van der Waals surface area contributed by atoms with Gasteiger partial charge in [0.2, 0.25) is 5.91 Å². The summed E-state index contributed by atoms with van der Waals surface area (Å²) in [4.78, 5) is 16.8. The average Bonchev–Trinajstić information content (AvgIpc) is 2.52. The minimum atomic E-state index is 0.0934. The zero-order valence-corrected chi connectivity index (χ0v) is 15.6. The van der Waals surface area contributed by atoms with Crippen LogP contribution in [0.2, 0.25) is 0 Å². The molecular weight excluding hydrogens is 284 g/mol. The smallest absolute Gasteiger partial charge is 0.222 e. The van der Waals surface area contributed by atoms with Gasteiger partial charge in [-0.15, -0.1) is 0 Å². The highest BCUT2D eigenvalue weighted by molar-refractivity contribution is 5.76. The Morgan fingerprint density at radius 3 is 2.43 bits per heavy atom. The maximum absolute atomic E-state index is 12.2. The van der Waals surface area contributed by atoms with Crippen molar-refractivity contribution in [3.63, 3.8) is 0 Å². The van der Waals surface area contributed by atoms with E-state index in [0.29, 0.717) is 12.3 Å². The van der Waals surface area contributed by atoms with Crippen LogP contribution in [0.25, 0.3) is 0 Å². The summed E-state index contributed by atoms with van der Waals surface area (Å²) in [6.45, 7) is 15.8. The van der Waals surface area contributed by atoms with Crippen molar-refractivity contribution in [1.82, 2.24) is 9.80 Å². The number of hydrogen-bond donors (Lipinski definition) is 0. The third-order valence-corrected chi connectivity index (χ3v) is 4.87. The third-order valence-electron chi connectivity index (χ3n) is 4.87. The molecule has 0 aliphatic carbocycles. The van der Waals surface area contributed by atoms with E-state index in [0.717, 1.165) is 19.6 Å². The van der Waals surface area contributed by atoms with Crippen LogP contribution in [-0.2, 0) is 4.79 Å². The molecule has 0 radical (unpaired) electrons. The number of hydrogen-bond acceptors (Lipinski definition) is 2. The number of rotatable bonds is 3. The molecule has 1 amide bonds. The van der Waals surface area contributed by atoms with Crippen LogP contribution in [0.4, 0.5) is 0 Å². The molecule has 1 atom stereocenters. The maximum Gasteiger partial charge on any atom is 0.222 e. The van der Waals surface area contributed by atoms with Gasteiger partial charge in [-0.3, -0.25) is 9.69 Å². The van der Waals surface area contributed by atoms with Crippen molar-refractivity contribution in [1.29, 1.82) is 0 Å². The fourth-order valence-electron chi connectivity index (χ4n) is 3.64. The van der Waals surface area contributed by atoms with E-state index in [2.05, 4.69) is 63.8 Å². The van der Waals surface area contributed by atoms with Gasteiger partial charge in [0.1, 0.15) is 0 Å². The van der Waals surface area contributed by atoms with E-state index in [9.17, 15) is 4.79 Å². The van der Waals surface area contributed by atoms with Gasteiger partial charge in [0.25, 0.3) is 0 Å². The summed E-state index contributed by atoms with van der Waals surface area (Å²) >= 11 is 0. The third kappa shape index (κ3) is 3.95. The number of amides is 1. The Labute approximate surface area is 141 Å². The van der Waals surface area contributed by atoms with Crippen LogP contribution in [0, 0.1) is 0 Å². The van der Waals surface area contributed by atoms with Gasteiger partial charge < -0.3 is 4.90 Å². The molecule has 23 heavy (non-hydrogen) atoms. The monoisotopic (exact) mass is 316 g/mol. The lowest BCUT2D eigenvalue weighted by molar-refractivity contribution is -0.135. The largest absolute Gasteiger partial charge is 0.340 e. The van der Waals surface area contributed by atoms with Gasteiger partial charge in [-0.25, -0.2) is 0 Å². The van der Waals surface area contributed by atoms with E-state index in [-0.39, 0.29) is 17.5 Å². The van der Waals surface area contributed by atoms with Gasteiger partial charge in [0, 0.05) is 31.6 Å².